The molecular formula is C16H13BrN+. The number of para-hydroxylation sites is 1. The summed E-state index contributed by atoms with van der Waals surface area (Å²) < 4.78 is 3.32. The summed E-state index contributed by atoms with van der Waals surface area (Å²) in [5.41, 5.74) is 2.42. The second kappa shape index (κ2) is 4.54. The van der Waals surface area contributed by atoms with Gasteiger partial charge < -0.3 is 0 Å². The Bertz CT molecular complexity index is 719. The number of rotatable bonds is 1. The van der Waals surface area contributed by atoms with Crippen molar-refractivity contribution in [2.75, 3.05) is 0 Å². The molecule has 0 N–H and O–H groups in total. The van der Waals surface area contributed by atoms with E-state index < -0.39 is 0 Å². The molecule has 0 aliphatic carbocycles. The lowest BCUT2D eigenvalue weighted by Gasteiger charge is -2.04. The van der Waals surface area contributed by atoms with Gasteiger partial charge in [-0.25, -0.2) is 0 Å². The Hall–Kier alpha value is -1.67. The van der Waals surface area contributed by atoms with Gasteiger partial charge in [0.15, 0.2) is 11.9 Å². The number of aryl methyl sites for hydroxylation is 1. The lowest BCUT2D eigenvalue weighted by Crippen LogP contribution is -2.34. The number of hydrogen-bond donors (Lipinski definition) is 0. The number of fused-ring (bicyclic) bond motifs is 1. The first-order valence-corrected chi connectivity index (χ1v) is 6.71. The van der Waals surface area contributed by atoms with Crippen molar-refractivity contribution < 1.29 is 4.57 Å². The number of nitrogens with zero attached hydrogens (tertiary/aromatic N) is 1. The van der Waals surface area contributed by atoms with Crippen LogP contribution >= 0.6 is 15.9 Å². The van der Waals surface area contributed by atoms with Gasteiger partial charge in [0.1, 0.15) is 0 Å². The Balaban J connectivity index is 2.31. The highest BCUT2D eigenvalue weighted by Crippen LogP contribution is 2.20. The molecule has 3 aromatic rings. The first kappa shape index (κ1) is 11.4. The molecule has 88 valence electrons. The standard InChI is InChI=1S/C16H13BrN/c1-12-14-7-3-2-6-13(14)10-11-18(12)16-9-5-4-8-15(16)17/h2-11H,1H3/q+1. The number of halogens is 1. The van der Waals surface area contributed by atoms with Crippen molar-refractivity contribution in [2.45, 2.75) is 6.92 Å². The van der Waals surface area contributed by atoms with Gasteiger partial charge >= 0.3 is 0 Å². The predicted molar refractivity (Wildman–Crippen MR) is 77.9 cm³/mol. The van der Waals surface area contributed by atoms with Gasteiger partial charge in [0.2, 0.25) is 5.69 Å². The van der Waals surface area contributed by atoms with E-state index in [1.54, 1.807) is 0 Å². The van der Waals surface area contributed by atoms with Gasteiger partial charge in [-0.05, 0) is 33.4 Å². The average molecular weight is 299 g/mol. The fourth-order valence-electron chi connectivity index (χ4n) is 2.28. The minimum Gasteiger partial charge on any atom is -0.163 e. The van der Waals surface area contributed by atoms with Crippen LogP contribution in [0.2, 0.25) is 0 Å². The van der Waals surface area contributed by atoms with Crippen molar-refractivity contribution >= 4 is 26.7 Å². The Morgan fingerprint density at radius 2 is 1.61 bits per heavy atom. The van der Waals surface area contributed by atoms with E-state index in [0.717, 1.165) is 4.47 Å². The minimum absolute atomic E-state index is 1.10. The first-order chi connectivity index (χ1) is 8.77. The molecule has 1 aromatic heterocycles. The summed E-state index contributed by atoms with van der Waals surface area (Å²) in [4.78, 5) is 0. The highest BCUT2D eigenvalue weighted by atomic mass is 79.9. The number of aromatic nitrogens is 1. The van der Waals surface area contributed by atoms with Crippen molar-refractivity contribution in [1.82, 2.24) is 0 Å². The molecule has 2 aromatic carbocycles. The van der Waals surface area contributed by atoms with Crippen LogP contribution in [-0.2, 0) is 0 Å². The Labute approximate surface area is 115 Å². The Morgan fingerprint density at radius 3 is 2.44 bits per heavy atom. The molecule has 0 aliphatic rings. The molecule has 0 radical (unpaired) electrons. The maximum absolute atomic E-state index is 3.61. The van der Waals surface area contributed by atoms with Gasteiger partial charge in [-0.2, -0.15) is 4.57 Å². The van der Waals surface area contributed by atoms with Crippen LogP contribution in [-0.4, -0.2) is 0 Å². The van der Waals surface area contributed by atoms with Crippen LogP contribution < -0.4 is 4.57 Å². The summed E-state index contributed by atoms with van der Waals surface area (Å²) >= 11 is 3.61. The molecule has 0 atom stereocenters. The number of pyridine rings is 1. The van der Waals surface area contributed by atoms with Crippen molar-refractivity contribution in [3.05, 3.63) is 71.0 Å². The molecule has 18 heavy (non-hydrogen) atoms. The average Bonchev–Trinajstić information content (AvgIpc) is 2.41. The predicted octanol–water partition coefficient (Wildman–Crippen LogP) is 4.19. The summed E-state index contributed by atoms with van der Waals surface area (Å²) in [6, 6.07) is 18.9. The van der Waals surface area contributed by atoms with Crippen molar-refractivity contribution in [3.63, 3.8) is 0 Å². The molecule has 0 bridgehead atoms. The monoisotopic (exact) mass is 298 g/mol. The van der Waals surface area contributed by atoms with Gasteiger partial charge in [0.25, 0.3) is 0 Å². The second-order valence-corrected chi connectivity index (χ2v) is 5.16. The van der Waals surface area contributed by atoms with E-state index in [1.807, 2.05) is 6.07 Å². The lowest BCUT2D eigenvalue weighted by molar-refractivity contribution is -0.601. The van der Waals surface area contributed by atoms with E-state index >= 15 is 0 Å². The smallest absolute Gasteiger partial charge is 0.163 e. The number of benzene rings is 2. The van der Waals surface area contributed by atoms with Crippen molar-refractivity contribution in [2.24, 2.45) is 0 Å². The topological polar surface area (TPSA) is 3.88 Å². The molecule has 2 heteroatoms. The van der Waals surface area contributed by atoms with E-state index in [-0.39, 0.29) is 0 Å². The second-order valence-electron chi connectivity index (χ2n) is 4.31. The molecule has 0 saturated heterocycles. The molecule has 3 rings (SSSR count). The summed E-state index contributed by atoms with van der Waals surface area (Å²) in [6.45, 7) is 2.15. The lowest BCUT2D eigenvalue weighted by atomic mass is 10.1. The zero-order valence-electron chi connectivity index (χ0n) is 10.1. The summed E-state index contributed by atoms with van der Waals surface area (Å²) in [5, 5.41) is 2.56. The SMILES string of the molecule is Cc1c2ccccc2cc[n+]1-c1ccccc1Br. The van der Waals surface area contributed by atoms with E-state index in [1.165, 1.54) is 22.2 Å². The highest BCUT2D eigenvalue weighted by molar-refractivity contribution is 9.10. The molecule has 0 aliphatic heterocycles. The fraction of sp³-hybridized carbons (Fsp3) is 0.0625. The third-order valence-electron chi connectivity index (χ3n) is 3.23. The van der Waals surface area contributed by atoms with Gasteiger partial charge in [-0.1, -0.05) is 30.3 Å². The molecule has 0 amide bonds. The Morgan fingerprint density at radius 1 is 0.889 bits per heavy atom. The van der Waals surface area contributed by atoms with Crippen LogP contribution in [0, 0.1) is 6.92 Å². The zero-order valence-corrected chi connectivity index (χ0v) is 11.7. The number of hydrogen-bond acceptors (Lipinski definition) is 0. The van der Waals surface area contributed by atoms with Crippen LogP contribution in [0.5, 0.6) is 0 Å². The van der Waals surface area contributed by atoms with Gasteiger partial charge in [0, 0.05) is 24.4 Å². The molecule has 0 saturated carbocycles. The largest absolute Gasteiger partial charge is 0.225 e. The van der Waals surface area contributed by atoms with Crippen LogP contribution in [0.15, 0.2) is 65.3 Å². The molecule has 0 unspecified atom stereocenters. The van der Waals surface area contributed by atoms with E-state index in [0.29, 0.717) is 0 Å². The van der Waals surface area contributed by atoms with Gasteiger partial charge in [-0.15, -0.1) is 0 Å². The quantitative estimate of drug-likeness (QED) is 0.593. The van der Waals surface area contributed by atoms with E-state index in [9.17, 15) is 0 Å². The fourth-order valence-corrected chi connectivity index (χ4v) is 2.75. The van der Waals surface area contributed by atoms with Gasteiger partial charge in [-0.3, -0.25) is 0 Å². The summed E-state index contributed by atoms with van der Waals surface area (Å²) in [6.07, 6.45) is 2.12. The van der Waals surface area contributed by atoms with Crippen LogP contribution in [0.4, 0.5) is 0 Å². The van der Waals surface area contributed by atoms with E-state index in [2.05, 4.69) is 82.1 Å². The maximum Gasteiger partial charge on any atom is 0.225 e. The highest BCUT2D eigenvalue weighted by Gasteiger charge is 2.15. The molecule has 1 heterocycles. The minimum atomic E-state index is 1.10. The zero-order chi connectivity index (χ0) is 12.5. The van der Waals surface area contributed by atoms with Gasteiger partial charge in [0.05, 0.1) is 4.47 Å². The normalized spacial score (nSPS) is 10.8. The van der Waals surface area contributed by atoms with Crippen LogP contribution in [0.25, 0.3) is 16.5 Å². The van der Waals surface area contributed by atoms with Crippen LogP contribution in [0.1, 0.15) is 5.69 Å². The molecular weight excluding hydrogens is 286 g/mol. The van der Waals surface area contributed by atoms with Crippen molar-refractivity contribution in [1.29, 1.82) is 0 Å². The Kier molecular flexibility index (Phi) is 2.88. The van der Waals surface area contributed by atoms with Crippen LogP contribution in [0.3, 0.4) is 0 Å². The van der Waals surface area contributed by atoms with E-state index in [4.69, 9.17) is 0 Å². The first-order valence-electron chi connectivity index (χ1n) is 5.92. The third-order valence-corrected chi connectivity index (χ3v) is 3.90. The van der Waals surface area contributed by atoms with Crippen molar-refractivity contribution in [3.8, 4) is 5.69 Å². The summed E-state index contributed by atoms with van der Waals surface area (Å²) in [5.74, 6) is 0. The third kappa shape index (κ3) is 1.83. The molecule has 1 nitrogen and oxygen atoms in total. The maximum atomic E-state index is 3.61. The molecule has 0 spiro atoms. The summed E-state index contributed by atoms with van der Waals surface area (Å²) in [7, 11) is 0. The molecule has 0 fully saturated rings.